The summed E-state index contributed by atoms with van der Waals surface area (Å²) in [6.45, 7) is 0.932. The Bertz CT molecular complexity index is 867. The van der Waals surface area contributed by atoms with E-state index in [9.17, 15) is 9.90 Å². The zero-order valence-corrected chi connectivity index (χ0v) is 15.4. The number of methoxy groups -OCH3 is 1. The molecule has 3 N–H and O–H groups in total. The summed E-state index contributed by atoms with van der Waals surface area (Å²) >= 11 is 0. The molecule has 2 atom stereocenters. The Hall–Kier alpha value is -2.57. The van der Waals surface area contributed by atoms with Gasteiger partial charge in [-0.1, -0.05) is 12.1 Å². The van der Waals surface area contributed by atoms with Gasteiger partial charge in [0.25, 0.3) is 5.91 Å². The quantitative estimate of drug-likeness (QED) is 0.847. The Morgan fingerprint density at radius 1 is 1.19 bits per heavy atom. The third-order valence-corrected chi connectivity index (χ3v) is 5.32. The smallest absolute Gasteiger partial charge is 0.258 e. The van der Waals surface area contributed by atoms with Gasteiger partial charge in [0.05, 0.1) is 19.8 Å². The molecule has 4 rings (SSSR count). The molecule has 1 saturated carbocycles. The third kappa shape index (κ3) is 3.38. The van der Waals surface area contributed by atoms with Crippen LogP contribution in [0.25, 0.3) is 0 Å². The van der Waals surface area contributed by atoms with Gasteiger partial charge in [0.1, 0.15) is 6.10 Å². The van der Waals surface area contributed by atoms with Crippen molar-refractivity contribution in [1.82, 2.24) is 0 Å². The average Bonchev–Trinajstić information content (AvgIpc) is 3.24. The van der Waals surface area contributed by atoms with Gasteiger partial charge in [-0.25, -0.2) is 0 Å². The minimum atomic E-state index is -0.310. The van der Waals surface area contributed by atoms with Crippen LogP contribution in [-0.2, 0) is 13.1 Å². The molecule has 27 heavy (non-hydrogen) atoms. The van der Waals surface area contributed by atoms with Gasteiger partial charge in [-0.3, -0.25) is 4.79 Å². The fourth-order valence-electron chi connectivity index (χ4n) is 3.81. The molecule has 2 aliphatic rings. The maximum absolute atomic E-state index is 12.9. The Balaban J connectivity index is 1.60. The zero-order valence-electron chi connectivity index (χ0n) is 15.4. The van der Waals surface area contributed by atoms with Gasteiger partial charge in [-0.05, 0) is 42.2 Å². The lowest BCUT2D eigenvalue weighted by Gasteiger charge is -2.20. The predicted molar refractivity (Wildman–Crippen MR) is 102 cm³/mol. The first-order chi connectivity index (χ1) is 13.1. The van der Waals surface area contributed by atoms with Crippen molar-refractivity contribution in [3.63, 3.8) is 0 Å². The summed E-state index contributed by atoms with van der Waals surface area (Å²) in [6, 6.07) is 11.3. The highest BCUT2D eigenvalue weighted by Gasteiger charge is 2.30. The van der Waals surface area contributed by atoms with Crippen LogP contribution < -0.4 is 20.1 Å². The van der Waals surface area contributed by atoms with E-state index in [0.717, 1.165) is 29.7 Å². The van der Waals surface area contributed by atoms with Crippen LogP contribution in [0.2, 0.25) is 0 Å². The van der Waals surface area contributed by atoms with Crippen LogP contribution in [0.5, 0.6) is 11.5 Å². The fourth-order valence-corrected chi connectivity index (χ4v) is 3.81. The molecule has 0 saturated heterocycles. The Labute approximate surface area is 158 Å². The molecule has 0 aromatic heterocycles. The molecule has 2 unspecified atom stereocenters. The van der Waals surface area contributed by atoms with E-state index in [0.29, 0.717) is 36.6 Å². The van der Waals surface area contributed by atoms with Crippen LogP contribution in [0.4, 0.5) is 5.69 Å². The molecule has 1 amide bonds. The summed E-state index contributed by atoms with van der Waals surface area (Å²) in [6.07, 6.45) is 1.82. The lowest BCUT2D eigenvalue weighted by molar-refractivity contribution is 0.0996. The highest BCUT2D eigenvalue weighted by molar-refractivity contribution is 6.10. The number of carbonyl (C=O) groups excluding carboxylic acids is 1. The molecule has 1 aliphatic heterocycles. The SMILES string of the molecule is COc1ccc(N2Cc3ccc(CN)cc3C2=O)cc1OC1CCC(O)C1. The molecule has 2 aromatic rings. The molecule has 0 bridgehead atoms. The number of hydrogen-bond acceptors (Lipinski definition) is 5. The van der Waals surface area contributed by atoms with Crippen molar-refractivity contribution in [1.29, 1.82) is 0 Å². The monoisotopic (exact) mass is 368 g/mol. The summed E-state index contributed by atoms with van der Waals surface area (Å²) in [7, 11) is 1.59. The van der Waals surface area contributed by atoms with E-state index in [4.69, 9.17) is 15.2 Å². The van der Waals surface area contributed by atoms with E-state index in [1.807, 2.05) is 36.4 Å². The van der Waals surface area contributed by atoms with E-state index in [-0.39, 0.29) is 18.1 Å². The number of aliphatic hydroxyl groups is 1. The van der Waals surface area contributed by atoms with Crippen molar-refractivity contribution < 1.29 is 19.4 Å². The predicted octanol–water partition coefficient (Wildman–Crippen LogP) is 2.61. The lowest BCUT2D eigenvalue weighted by atomic mass is 10.1. The molecule has 6 nitrogen and oxygen atoms in total. The second-order valence-electron chi connectivity index (χ2n) is 7.13. The van der Waals surface area contributed by atoms with Crippen LogP contribution in [0.15, 0.2) is 36.4 Å². The molecular weight excluding hydrogens is 344 g/mol. The molecule has 1 aliphatic carbocycles. The third-order valence-electron chi connectivity index (χ3n) is 5.32. The minimum absolute atomic E-state index is 0.0345. The fraction of sp³-hybridized carbons (Fsp3) is 0.381. The molecule has 0 spiro atoms. The Kier molecular flexibility index (Phi) is 4.76. The minimum Gasteiger partial charge on any atom is -0.493 e. The Morgan fingerprint density at radius 3 is 2.74 bits per heavy atom. The largest absolute Gasteiger partial charge is 0.493 e. The number of benzene rings is 2. The highest BCUT2D eigenvalue weighted by Crippen LogP contribution is 2.37. The number of nitrogens with two attached hydrogens (primary N) is 1. The number of anilines is 1. The number of fused-ring (bicyclic) bond motifs is 1. The van der Waals surface area contributed by atoms with Gasteiger partial charge in [-0.2, -0.15) is 0 Å². The van der Waals surface area contributed by atoms with E-state index in [1.165, 1.54) is 0 Å². The van der Waals surface area contributed by atoms with Crippen LogP contribution in [0, 0.1) is 0 Å². The first kappa shape index (κ1) is 17.8. The topological polar surface area (TPSA) is 85.0 Å². The van der Waals surface area contributed by atoms with Gasteiger partial charge in [0.2, 0.25) is 0 Å². The maximum atomic E-state index is 12.9. The second-order valence-corrected chi connectivity index (χ2v) is 7.13. The number of rotatable bonds is 5. The van der Waals surface area contributed by atoms with Gasteiger partial charge in [0.15, 0.2) is 11.5 Å². The summed E-state index contributed by atoms with van der Waals surface area (Å²) in [5, 5.41) is 9.74. The molecule has 0 radical (unpaired) electrons. The number of carbonyl (C=O) groups is 1. The number of hydrogen-bond donors (Lipinski definition) is 2. The highest BCUT2D eigenvalue weighted by atomic mass is 16.5. The molecular formula is C21H24N2O4. The first-order valence-electron chi connectivity index (χ1n) is 9.25. The van der Waals surface area contributed by atoms with Crippen molar-refractivity contribution in [2.45, 2.75) is 44.6 Å². The first-order valence-corrected chi connectivity index (χ1v) is 9.25. The summed E-state index contributed by atoms with van der Waals surface area (Å²) in [5.74, 6) is 1.18. The van der Waals surface area contributed by atoms with Crippen molar-refractivity contribution in [3.05, 3.63) is 53.1 Å². The molecule has 1 fully saturated rings. The van der Waals surface area contributed by atoms with E-state index < -0.39 is 0 Å². The molecule has 6 heteroatoms. The Morgan fingerprint density at radius 2 is 2.04 bits per heavy atom. The average molecular weight is 368 g/mol. The standard InChI is InChI=1S/C21H24N2O4/c1-26-19-7-4-15(9-20(19)27-17-6-5-16(24)10-17)23-12-14-3-2-13(11-22)8-18(14)21(23)25/h2-4,7-9,16-17,24H,5-6,10-12,22H2,1H3. The van der Waals surface area contributed by atoms with Crippen molar-refractivity contribution in [3.8, 4) is 11.5 Å². The number of amides is 1. The second kappa shape index (κ2) is 7.21. The van der Waals surface area contributed by atoms with Crippen LogP contribution in [-0.4, -0.2) is 30.3 Å². The van der Waals surface area contributed by atoms with Crippen LogP contribution in [0.1, 0.15) is 40.7 Å². The van der Waals surface area contributed by atoms with Gasteiger partial charge < -0.3 is 25.2 Å². The van der Waals surface area contributed by atoms with Gasteiger partial charge in [0, 0.05) is 30.3 Å². The molecule has 2 aromatic carbocycles. The van der Waals surface area contributed by atoms with Gasteiger partial charge >= 0.3 is 0 Å². The molecule has 1 heterocycles. The van der Waals surface area contributed by atoms with E-state index in [1.54, 1.807) is 12.0 Å². The van der Waals surface area contributed by atoms with Crippen molar-refractivity contribution in [2.24, 2.45) is 5.73 Å². The van der Waals surface area contributed by atoms with Crippen LogP contribution >= 0.6 is 0 Å². The van der Waals surface area contributed by atoms with Crippen molar-refractivity contribution in [2.75, 3.05) is 12.0 Å². The number of aliphatic hydroxyl groups excluding tert-OH is 1. The van der Waals surface area contributed by atoms with Crippen molar-refractivity contribution >= 4 is 11.6 Å². The van der Waals surface area contributed by atoms with Gasteiger partial charge in [-0.15, -0.1) is 0 Å². The summed E-state index contributed by atoms with van der Waals surface area (Å²) in [4.78, 5) is 14.6. The summed E-state index contributed by atoms with van der Waals surface area (Å²) < 4.78 is 11.5. The number of nitrogens with zero attached hydrogens (tertiary/aromatic N) is 1. The summed E-state index contributed by atoms with van der Waals surface area (Å²) in [5.41, 5.74) is 9.11. The van der Waals surface area contributed by atoms with E-state index >= 15 is 0 Å². The normalized spacial score (nSPS) is 21.4. The van der Waals surface area contributed by atoms with Crippen LogP contribution in [0.3, 0.4) is 0 Å². The lowest BCUT2D eigenvalue weighted by Crippen LogP contribution is -2.23. The number of ether oxygens (including phenoxy) is 2. The zero-order chi connectivity index (χ0) is 19.0. The maximum Gasteiger partial charge on any atom is 0.258 e. The van der Waals surface area contributed by atoms with E-state index in [2.05, 4.69) is 0 Å². The molecule has 142 valence electrons.